The van der Waals surface area contributed by atoms with E-state index in [1.54, 1.807) is 0 Å². The molecule has 4 heteroatoms. The molecular weight excluding hydrogens is 346 g/mol. The van der Waals surface area contributed by atoms with Crippen LogP contribution in [0.1, 0.15) is 42.8 Å². The van der Waals surface area contributed by atoms with Crippen LogP contribution in [0.25, 0.3) is 11.3 Å². The van der Waals surface area contributed by atoms with Crippen molar-refractivity contribution in [3.8, 4) is 17.1 Å². The molecule has 0 spiro atoms. The zero-order chi connectivity index (χ0) is 19.3. The summed E-state index contributed by atoms with van der Waals surface area (Å²) >= 11 is 0. The lowest BCUT2D eigenvalue weighted by molar-refractivity contribution is 0.227. The third-order valence-corrected chi connectivity index (χ3v) is 4.91. The largest absolute Gasteiger partial charge is 0.448 e. The molecular formula is C24H25N3O. The van der Waals surface area contributed by atoms with Crippen LogP contribution in [-0.4, -0.2) is 9.97 Å². The topological polar surface area (TPSA) is 47.0 Å². The van der Waals surface area contributed by atoms with Crippen LogP contribution in [-0.2, 0) is 12.8 Å². The van der Waals surface area contributed by atoms with Crippen molar-refractivity contribution in [1.29, 1.82) is 0 Å². The van der Waals surface area contributed by atoms with Crippen molar-refractivity contribution in [3.63, 3.8) is 0 Å². The molecule has 0 radical (unpaired) electrons. The second kappa shape index (κ2) is 8.26. The van der Waals surface area contributed by atoms with Gasteiger partial charge in [-0.05, 0) is 30.9 Å². The highest BCUT2D eigenvalue weighted by Gasteiger charge is 2.25. The van der Waals surface area contributed by atoms with E-state index < -0.39 is 0 Å². The molecule has 4 nitrogen and oxygen atoms in total. The summed E-state index contributed by atoms with van der Waals surface area (Å²) in [5, 5.41) is 3.52. The summed E-state index contributed by atoms with van der Waals surface area (Å²) in [7, 11) is 0. The second-order valence-corrected chi connectivity index (χ2v) is 7.02. The molecule has 3 aromatic rings. The van der Waals surface area contributed by atoms with Crippen molar-refractivity contribution >= 4 is 5.69 Å². The van der Waals surface area contributed by atoms with Crippen molar-refractivity contribution in [2.45, 2.75) is 38.8 Å². The van der Waals surface area contributed by atoms with E-state index in [2.05, 4.69) is 60.2 Å². The van der Waals surface area contributed by atoms with Gasteiger partial charge in [0, 0.05) is 23.0 Å². The molecule has 1 N–H and O–H groups in total. The van der Waals surface area contributed by atoms with Crippen LogP contribution in [0.2, 0.25) is 0 Å². The minimum absolute atomic E-state index is 0.318. The number of nitrogens with zero attached hydrogens (tertiary/aromatic N) is 2. The van der Waals surface area contributed by atoms with Crippen molar-refractivity contribution < 1.29 is 4.74 Å². The molecule has 1 atom stereocenters. The lowest BCUT2D eigenvalue weighted by atomic mass is 10.1. The number of allylic oxidation sites excluding steroid dienone is 1. The molecule has 0 saturated heterocycles. The monoisotopic (exact) mass is 371 g/mol. The predicted octanol–water partition coefficient (Wildman–Crippen LogP) is 5.72. The van der Waals surface area contributed by atoms with Crippen LogP contribution < -0.4 is 10.1 Å². The quantitative estimate of drug-likeness (QED) is 0.563. The van der Waals surface area contributed by atoms with Crippen molar-refractivity contribution in [1.82, 2.24) is 9.97 Å². The van der Waals surface area contributed by atoms with Gasteiger partial charge in [-0.1, -0.05) is 61.9 Å². The molecule has 0 fully saturated rings. The molecule has 0 amide bonds. The molecule has 0 aliphatic carbocycles. The molecule has 1 unspecified atom stereocenters. The maximum Gasteiger partial charge on any atom is 0.243 e. The SMILES string of the molecule is C=CCCc1ccc(C2Nc3ccccc3-c3ncc(CCC)nc3O2)cc1. The fourth-order valence-electron chi connectivity index (χ4n) is 3.43. The second-order valence-electron chi connectivity index (χ2n) is 7.02. The normalized spacial score (nSPS) is 14.8. The van der Waals surface area contributed by atoms with Gasteiger partial charge in [0.15, 0.2) is 6.23 Å². The zero-order valence-electron chi connectivity index (χ0n) is 16.2. The minimum Gasteiger partial charge on any atom is -0.448 e. The number of para-hydroxylation sites is 1. The average molecular weight is 371 g/mol. The molecule has 28 heavy (non-hydrogen) atoms. The Kier molecular flexibility index (Phi) is 5.38. The molecule has 4 rings (SSSR count). The number of fused-ring (bicyclic) bond motifs is 3. The van der Waals surface area contributed by atoms with E-state index in [1.807, 2.05) is 24.4 Å². The fraction of sp³-hybridized carbons (Fsp3) is 0.250. The van der Waals surface area contributed by atoms with Gasteiger partial charge in [0.05, 0.1) is 5.69 Å². The maximum absolute atomic E-state index is 6.33. The first kappa shape index (κ1) is 18.2. The molecule has 2 heterocycles. The number of anilines is 1. The molecule has 0 bridgehead atoms. The predicted molar refractivity (Wildman–Crippen MR) is 113 cm³/mol. The van der Waals surface area contributed by atoms with Gasteiger partial charge in [0.25, 0.3) is 0 Å². The van der Waals surface area contributed by atoms with Gasteiger partial charge < -0.3 is 10.1 Å². The van der Waals surface area contributed by atoms with E-state index in [0.717, 1.165) is 53.9 Å². The Hall–Kier alpha value is -3.14. The summed E-state index contributed by atoms with van der Waals surface area (Å²) in [5.41, 5.74) is 6.11. The average Bonchev–Trinajstić information content (AvgIpc) is 2.89. The highest BCUT2D eigenvalue weighted by atomic mass is 16.5. The van der Waals surface area contributed by atoms with Crippen molar-refractivity contribution in [3.05, 3.63) is 84.2 Å². The molecule has 1 aromatic heterocycles. The third-order valence-electron chi connectivity index (χ3n) is 4.91. The fourth-order valence-corrected chi connectivity index (χ4v) is 3.43. The number of nitrogens with one attached hydrogen (secondary N) is 1. The summed E-state index contributed by atoms with van der Waals surface area (Å²) < 4.78 is 6.33. The summed E-state index contributed by atoms with van der Waals surface area (Å²) in [5.74, 6) is 0.587. The number of hydrogen-bond acceptors (Lipinski definition) is 4. The Morgan fingerprint density at radius 1 is 1.11 bits per heavy atom. The van der Waals surface area contributed by atoms with Gasteiger partial charge in [0.2, 0.25) is 5.88 Å². The smallest absolute Gasteiger partial charge is 0.243 e. The Morgan fingerprint density at radius 2 is 1.93 bits per heavy atom. The first-order valence-corrected chi connectivity index (χ1v) is 9.86. The van der Waals surface area contributed by atoms with Crippen LogP contribution in [0.3, 0.4) is 0 Å². The number of aryl methyl sites for hydroxylation is 2. The molecule has 142 valence electrons. The van der Waals surface area contributed by atoms with Gasteiger partial charge in [-0.2, -0.15) is 0 Å². The Labute approximate surface area is 166 Å². The lowest BCUT2D eigenvalue weighted by Gasteiger charge is -2.19. The van der Waals surface area contributed by atoms with E-state index in [1.165, 1.54) is 5.56 Å². The number of ether oxygens (including phenoxy) is 1. The summed E-state index contributed by atoms with van der Waals surface area (Å²) in [4.78, 5) is 9.44. The molecule has 0 saturated carbocycles. The molecule has 2 aromatic carbocycles. The van der Waals surface area contributed by atoms with Crippen LogP contribution in [0.15, 0.2) is 67.4 Å². The first-order chi connectivity index (χ1) is 13.8. The third kappa shape index (κ3) is 3.77. The minimum atomic E-state index is -0.318. The van der Waals surface area contributed by atoms with E-state index in [0.29, 0.717) is 5.88 Å². The highest BCUT2D eigenvalue weighted by molar-refractivity contribution is 5.79. The van der Waals surface area contributed by atoms with Crippen molar-refractivity contribution in [2.24, 2.45) is 0 Å². The Morgan fingerprint density at radius 3 is 2.71 bits per heavy atom. The number of rotatable bonds is 6. The van der Waals surface area contributed by atoms with Crippen LogP contribution in [0.5, 0.6) is 5.88 Å². The van der Waals surface area contributed by atoms with Crippen LogP contribution >= 0.6 is 0 Å². The van der Waals surface area contributed by atoms with E-state index >= 15 is 0 Å². The van der Waals surface area contributed by atoms with E-state index in [4.69, 9.17) is 9.72 Å². The van der Waals surface area contributed by atoms with Gasteiger partial charge >= 0.3 is 0 Å². The van der Waals surface area contributed by atoms with Gasteiger partial charge in [-0.3, -0.25) is 0 Å². The van der Waals surface area contributed by atoms with Gasteiger partial charge in [-0.15, -0.1) is 6.58 Å². The number of hydrogen-bond donors (Lipinski definition) is 1. The van der Waals surface area contributed by atoms with E-state index in [9.17, 15) is 0 Å². The maximum atomic E-state index is 6.33. The van der Waals surface area contributed by atoms with Crippen LogP contribution in [0.4, 0.5) is 5.69 Å². The van der Waals surface area contributed by atoms with Gasteiger partial charge in [0.1, 0.15) is 5.69 Å². The van der Waals surface area contributed by atoms with Gasteiger partial charge in [-0.25, -0.2) is 9.97 Å². The number of aromatic nitrogens is 2. The van der Waals surface area contributed by atoms with Crippen molar-refractivity contribution in [2.75, 3.05) is 5.32 Å². The highest BCUT2D eigenvalue weighted by Crippen LogP contribution is 2.39. The summed E-state index contributed by atoms with van der Waals surface area (Å²) in [6, 6.07) is 16.7. The molecule has 1 aliphatic rings. The Balaban J connectivity index is 1.71. The standard InChI is InChI=1S/C24H25N3O/c1-3-5-9-17-12-14-18(15-13-17)23-27-21-11-7-6-10-20(21)22-24(28-23)26-19(8-4-2)16-25-22/h3,6-7,10-16,23,27H,1,4-5,8-9H2,2H3. The lowest BCUT2D eigenvalue weighted by Crippen LogP contribution is -2.17. The zero-order valence-corrected chi connectivity index (χ0v) is 16.2. The summed E-state index contributed by atoms with van der Waals surface area (Å²) in [6.45, 7) is 5.94. The number of benzene rings is 2. The van der Waals surface area contributed by atoms with E-state index in [-0.39, 0.29) is 6.23 Å². The first-order valence-electron chi connectivity index (χ1n) is 9.86. The Bertz CT molecular complexity index is 966. The van der Waals surface area contributed by atoms with Crippen LogP contribution in [0, 0.1) is 0 Å². The molecule has 1 aliphatic heterocycles. The summed E-state index contributed by atoms with van der Waals surface area (Å²) in [6.07, 6.45) is 7.39.